The quantitative estimate of drug-likeness (QED) is 0.520. The van der Waals surface area contributed by atoms with Crippen molar-refractivity contribution >= 4 is 12.3 Å². The third-order valence-electron chi connectivity index (χ3n) is 1.89. The van der Waals surface area contributed by atoms with E-state index in [2.05, 4.69) is 0 Å². The van der Waals surface area contributed by atoms with Gasteiger partial charge in [-0.05, 0) is 19.3 Å². The van der Waals surface area contributed by atoms with Crippen LogP contribution >= 0.6 is 0 Å². The van der Waals surface area contributed by atoms with Crippen LogP contribution in [-0.2, 0) is 9.59 Å². The first-order valence-electron chi connectivity index (χ1n) is 3.77. The maximum Gasteiger partial charge on any atom is 0.245 e. The Morgan fingerprint density at radius 3 is 2.91 bits per heavy atom. The molecule has 0 spiro atoms. The van der Waals surface area contributed by atoms with Gasteiger partial charge in [0.15, 0.2) is 0 Å². The molecule has 1 atom stereocenters. The molecule has 1 fully saturated rings. The van der Waals surface area contributed by atoms with E-state index in [4.69, 9.17) is 5.73 Å². The summed E-state index contributed by atoms with van der Waals surface area (Å²) in [6, 6.07) is -0.470. The molecule has 1 aliphatic heterocycles. The SMILES string of the molecule is NC1CCCCN(C=O)C1=O. The molecule has 0 bridgehead atoms. The zero-order chi connectivity index (χ0) is 8.27. The largest absolute Gasteiger partial charge is 0.320 e. The van der Waals surface area contributed by atoms with Gasteiger partial charge >= 0.3 is 0 Å². The second-order valence-electron chi connectivity index (χ2n) is 2.74. The van der Waals surface area contributed by atoms with Gasteiger partial charge in [-0.3, -0.25) is 14.5 Å². The molecule has 2 N–H and O–H groups in total. The van der Waals surface area contributed by atoms with Crippen LogP contribution in [0, 0.1) is 0 Å². The summed E-state index contributed by atoms with van der Waals surface area (Å²) in [5, 5.41) is 0. The molecule has 1 heterocycles. The smallest absolute Gasteiger partial charge is 0.245 e. The van der Waals surface area contributed by atoms with Gasteiger partial charge < -0.3 is 5.73 Å². The summed E-state index contributed by atoms with van der Waals surface area (Å²) < 4.78 is 0. The standard InChI is InChI=1S/C7H12N2O2/c8-6-3-1-2-4-9(5-10)7(6)11/h5-6H,1-4,8H2. The summed E-state index contributed by atoms with van der Waals surface area (Å²) in [4.78, 5) is 22.6. The van der Waals surface area contributed by atoms with Crippen LogP contribution in [0.4, 0.5) is 0 Å². The second kappa shape index (κ2) is 3.48. The van der Waals surface area contributed by atoms with Crippen molar-refractivity contribution in [3.05, 3.63) is 0 Å². The number of nitrogens with two attached hydrogens (primary N) is 1. The van der Waals surface area contributed by atoms with E-state index in [-0.39, 0.29) is 5.91 Å². The number of rotatable bonds is 1. The number of amides is 2. The lowest BCUT2D eigenvalue weighted by Gasteiger charge is -2.14. The fourth-order valence-electron chi connectivity index (χ4n) is 1.20. The molecule has 1 aliphatic rings. The highest BCUT2D eigenvalue weighted by Crippen LogP contribution is 2.08. The number of carbonyl (C=O) groups is 2. The van der Waals surface area contributed by atoms with Crippen LogP contribution < -0.4 is 5.73 Å². The van der Waals surface area contributed by atoms with Crippen LogP contribution in [0.3, 0.4) is 0 Å². The Kier molecular flexibility index (Phi) is 2.59. The Bertz CT molecular complexity index is 170. The average Bonchev–Trinajstić information content (AvgIpc) is 2.16. The van der Waals surface area contributed by atoms with E-state index in [1.54, 1.807) is 0 Å². The topological polar surface area (TPSA) is 63.4 Å². The summed E-state index contributed by atoms with van der Waals surface area (Å²) in [7, 11) is 0. The fraction of sp³-hybridized carbons (Fsp3) is 0.714. The highest BCUT2D eigenvalue weighted by molar-refractivity contribution is 5.90. The minimum atomic E-state index is -0.470. The van der Waals surface area contributed by atoms with E-state index < -0.39 is 6.04 Å². The van der Waals surface area contributed by atoms with Crippen molar-refractivity contribution in [2.75, 3.05) is 6.54 Å². The van der Waals surface area contributed by atoms with Crippen molar-refractivity contribution in [3.8, 4) is 0 Å². The van der Waals surface area contributed by atoms with Crippen LogP contribution in [0.1, 0.15) is 19.3 Å². The molecule has 0 aromatic heterocycles. The summed E-state index contributed by atoms with van der Waals surface area (Å²) in [5.41, 5.74) is 5.49. The third-order valence-corrected chi connectivity index (χ3v) is 1.89. The Morgan fingerprint density at radius 1 is 1.55 bits per heavy atom. The van der Waals surface area contributed by atoms with Crippen molar-refractivity contribution in [2.24, 2.45) is 5.73 Å². The predicted molar refractivity (Wildman–Crippen MR) is 39.6 cm³/mol. The van der Waals surface area contributed by atoms with Crippen LogP contribution in [0.15, 0.2) is 0 Å². The summed E-state index contributed by atoms with van der Waals surface area (Å²) in [5.74, 6) is -0.238. The van der Waals surface area contributed by atoms with Crippen molar-refractivity contribution in [1.29, 1.82) is 0 Å². The molecular weight excluding hydrogens is 144 g/mol. The Balaban J connectivity index is 2.63. The lowest BCUT2D eigenvalue weighted by atomic mass is 10.1. The summed E-state index contributed by atoms with van der Waals surface area (Å²) in [6.45, 7) is 0.524. The molecule has 0 radical (unpaired) electrons. The molecule has 1 saturated heterocycles. The van der Waals surface area contributed by atoms with E-state index in [0.717, 1.165) is 17.7 Å². The summed E-state index contributed by atoms with van der Waals surface area (Å²) >= 11 is 0. The van der Waals surface area contributed by atoms with Gasteiger partial charge in [0, 0.05) is 6.54 Å². The molecular formula is C7H12N2O2. The molecule has 0 saturated carbocycles. The van der Waals surface area contributed by atoms with Crippen LogP contribution in [-0.4, -0.2) is 29.8 Å². The van der Waals surface area contributed by atoms with E-state index in [1.807, 2.05) is 0 Å². The van der Waals surface area contributed by atoms with E-state index in [1.165, 1.54) is 0 Å². The molecule has 0 aromatic rings. The minimum Gasteiger partial charge on any atom is -0.320 e. The van der Waals surface area contributed by atoms with Gasteiger partial charge in [0.05, 0.1) is 6.04 Å². The average molecular weight is 156 g/mol. The number of likely N-dealkylation sites (tertiary alicyclic amines) is 1. The molecule has 0 aliphatic carbocycles. The van der Waals surface area contributed by atoms with E-state index in [9.17, 15) is 9.59 Å². The van der Waals surface area contributed by atoms with Gasteiger partial charge in [-0.1, -0.05) is 0 Å². The van der Waals surface area contributed by atoms with E-state index in [0.29, 0.717) is 19.4 Å². The highest BCUT2D eigenvalue weighted by atomic mass is 16.2. The van der Waals surface area contributed by atoms with E-state index >= 15 is 0 Å². The fourth-order valence-corrected chi connectivity index (χ4v) is 1.20. The molecule has 2 amide bonds. The molecule has 11 heavy (non-hydrogen) atoms. The van der Waals surface area contributed by atoms with Crippen molar-refractivity contribution in [2.45, 2.75) is 25.3 Å². The van der Waals surface area contributed by atoms with Crippen molar-refractivity contribution in [3.63, 3.8) is 0 Å². The number of imide groups is 1. The highest BCUT2D eigenvalue weighted by Gasteiger charge is 2.22. The second-order valence-corrected chi connectivity index (χ2v) is 2.74. The lowest BCUT2D eigenvalue weighted by Crippen LogP contribution is -2.41. The zero-order valence-electron chi connectivity index (χ0n) is 6.32. The Hall–Kier alpha value is -0.900. The molecule has 4 heteroatoms. The molecule has 0 aromatic carbocycles. The first kappa shape index (κ1) is 8.20. The zero-order valence-corrected chi connectivity index (χ0v) is 6.32. The van der Waals surface area contributed by atoms with Crippen molar-refractivity contribution in [1.82, 2.24) is 4.90 Å². The molecule has 62 valence electrons. The number of nitrogens with zero attached hydrogens (tertiary/aromatic N) is 1. The van der Waals surface area contributed by atoms with Gasteiger partial charge in [-0.25, -0.2) is 0 Å². The van der Waals surface area contributed by atoms with Gasteiger partial charge in [0.1, 0.15) is 0 Å². The lowest BCUT2D eigenvalue weighted by molar-refractivity contribution is -0.138. The van der Waals surface area contributed by atoms with Crippen LogP contribution in [0.25, 0.3) is 0 Å². The third kappa shape index (κ3) is 1.77. The molecule has 1 rings (SSSR count). The monoisotopic (exact) mass is 156 g/mol. The maximum atomic E-state index is 11.1. The van der Waals surface area contributed by atoms with Gasteiger partial charge in [0.25, 0.3) is 0 Å². The van der Waals surface area contributed by atoms with Gasteiger partial charge in [-0.15, -0.1) is 0 Å². The first-order chi connectivity index (χ1) is 5.25. The Morgan fingerprint density at radius 2 is 2.27 bits per heavy atom. The molecule has 1 unspecified atom stereocenters. The number of hydrogen-bond donors (Lipinski definition) is 1. The number of hydrogen-bond acceptors (Lipinski definition) is 3. The first-order valence-corrected chi connectivity index (χ1v) is 3.77. The molecule has 4 nitrogen and oxygen atoms in total. The minimum absolute atomic E-state index is 0.238. The summed E-state index contributed by atoms with van der Waals surface area (Å²) in [6.07, 6.45) is 3.06. The van der Waals surface area contributed by atoms with Gasteiger partial charge in [0.2, 0.25) is 12.3 Å². The Labute approximate surface area is 65.3 Å². The van der Waals surface area contributed by atoms with Crippen molar-refractivity contribution < 1.29 is 9.59 Å². The number of carbonyl (C=O) groups excluding carboxylic acids is 2. The maximum absolute atomic E-state index is 11.1. The predicted octanol–water partition coefficient (Wildman–Crippen LogP) is -0.517. The van der Waals surface area contributed by atoms with Gasteiger partial charge in [-0.2, -0.15) is 0 Å². The van der Waals surface area contributed by atoms with Crippen LogP contribution in [0.5, 0.6) is 0 Å². The normalized spacial score (nSPS) is 26.5. The van der Waals surface area contributed by atoms with Crippen LogP contribution in [0.2, 0.25) is 0 Å².